The van der Waals surface area contributed by atoms with Gasteiger partial charge in [0.2, 0.25) is 0 Å². The van der Waals surface area contributed by atoms with Gasteiger partial charge in [0.05, 0.1) is 16.8 Å². The van der Waals surface area contributed by atoms with Crippen molar-refractivity contribution in [3.8, 4) is 6.07 Å². The number of aromatic nitrogens is 1. The molecular formula is C21H18N2OS. The first-order valence-electron chi connectivity index (χ1n) is 8.17. The van der Waals surface area contributed by atoms with Crippen LogP contribution in [0.1, 0.15) is 34.0 Å². The highest BCUT2D eigenvalue weighted by molar-refractivity contribution is 8.00. The second kappa shape index (κ2) is 7.50. The first-order valence-corrected chi connectivity index (χ1v) is 9.15. The van der Waals surface area contributed by atoms with Crippen LogP contribution in [0.15, 0.2) is 53.6 Å². The molecule has 4 heteroatoms. The Bertz CT molecular complexity index is 972. The number of nitriles is 1. The minimum absolute atomic E-state index is 0.0390. The molecule has 0 aliphatic rings. The number of ketones is 1. The Morgan fingerprint density at radius 1 is 1.16 bits per heavy atom. The minimum Gasteiger partial charge on any atom is -0.293 e. The average molecular weight is 346 g/mol. The van der Waals surface area contributed by atoms with Crippen molar-refractivity contribution in [1.82, 2.24) is 4.98 Å². The zero-order valence-corrected chi connectivity index (χ0v) is 15.1. The summed E-state index contributed by atoms with van der Waals surface area (Å²) in [6.45, 7) is 4.09. The number of benzene rings is 2. The zero-order chi connectivity index (χ0) is 17.8. The van der Waals surface area contributed by atoms with Crippen LogP contribution in [-0.2, 0) is 6.42 Å². The van der Waals surface area contributed by atoms with E-state index in [1.165, 1.54) is 17.3 Å². The molecule has 3 aromatic rings. The van der Waals surface area contributed by atoms with Gasteiger partial charge in [0.25, 0.3) is 0 Å². The van der Waals surface area contributed by atoms with Crippen molar-refractivity contribution >= 4 is 28.4 Å². The van der Waals surface area contributed by atoms with Gasteiger partial charge in [-0.3, -0.25) is 4.79 Å². The van der Waals surface area contributed by atoms with Crippen molar-refractivity contribution in [2.45, 2.75) is 25.3 Å². The Labute approximate surface area is 151 Å². The predicted molar refractivity (Wildman–Crippen MR) is 102 cm³/mol. The molecule has 3 nitrogen and oxygen atoms in total. The van der Waals surface area contributed by atoms with Gasteiger partial charge in [-0.15, -0.1) is 0 Å². The van der Waals surface area contributed by atoms with Crippen LogP contribution in [0.4, 0.5) is 0 Å². The Morgan fingerprint density at radius 2 is 1.92 bits per heavy atom. The van der Waals surface area contributed by atoms with Crippen LogP contribution in [0.25, 0.3) is 10.9 Å². The molecule has 124 valence electrons. The number of thioether (sulfide) groups is 1. The summed E-state index contributed by atoms with van der Waals surface area (Å²) in [6.07, 6.45) is 0.944. The number of nitrogens with zero attached hydrogens (tertiary/aromatic N) is 2. The molecule has 0 aliphatic carbocycles. The zero-order valence-electron chi connectivity index (χ0n) is 14.2. The summed E-state index contributed by atoms with van der Waals surface area (Å²) in [7, 11) is 0. The van der Waals surface area contributed by atoms with Gasteiger partial charge in [0.15, 0.2) is 5.78 Å². The van der Waals surface area contributed by atoms with Gasteiger partial charge < -0.3 is 0 Å². The van der Waals surface area contributed by atoms with Crippen LogP contribution < -0.4 is 0 Å². The molecule has 25 heavy (non-hydrogen) atoms. The first-order chi connectivity index (χ1) is 12.1. The molecule has 0 aliphatic heterocycles. The van der Waals surface area contributed by atoms with Crippen LogP contribution in [-0.4, -0.2) is 16.5 Å². The quantitative estimate of drug-likeness (QED) is 0.484. The lowest BCUT2D eigenvalue weighted by atomic mass is 10.1. The van der Waals surface area contributed by atoms with Crippen molar-refractivity contribution in [2.75, 3.05) is 5.75 Å². The maximum Gasteiger partial charge on any atom is 0.173 e. The third-order valence-corrected chi connectivity index (χ3v) is 5.08. The summed E-state index contributed by atoms with van der Waals surface area (Å²) in [5.74, 6) is 0.306. The number of carbonyl (C=O) groups excluding carboxylic acids is 1. The lowest BCUT2D eigenvalue weighted by Gasteiger charge is -2.07. The number of carbonyl (C=O) groups is 1. The molecule has 0 fully saturated rings. The van der Waals surface area contributed by atoms with Gasteiger partial charge in [0, 0.05) is 10.9 Å². The highest BCUT2D eigenvalue weighted by Crippen LogP contribution is 2.26. The molecule has 0 saturated carbocycles. The lowest BCUT2D eigenvalue weighted by molar-refractivity contribution is 0.102. The molecule has 1 aromatic heterocycles. The number of rotatable bonds is 5. The second-order valence-corrected chi connectivity index (χ2v) is 6.88. The van der Waals surface area contributed by atoms with E-state index in [-0.39, 0.29) is 11.5 Å². The number of Topliss-reactive ketones (excluding diaryl/α,β-unsaturated/α-hetero) is 1. The molecule has 2 aromatic carbocycles. The van der Waals surface area contributed by atoms with E-state index >= 15 is 0 Å². The van der Waals surface area contributed by atoms with E-state index in [0.717, 1.165) is 22.9 Å². The summed E-state index contributed by atoms with van der Waals surface area (Å²) in [6, 6.07) is 17.7. The van der Waals surface area contributed by atoms with Crippen LogP contribution in [0, 0.1) is 18.3 Å². The maximum absolute atomic E-state index is 12.3. The molecule has 1 heterocycles. The Kier molecular flexibility index (Phi) is 5.16. The molecular weight excluding hydrogens is 328 g/mol. The van der Waals surface area contributed by atoms with Crippen LogP contribution in [0.5, 0.6) is 0 Å². The molecule has 3 rings (SSSR count). The summed E-state index contributed by atoms with van der Waals surface area (Å²) in [4.78, 5) is 16.9. The minimum atomic E-state index is 0.0390. The number of hydrogen-bond acceptors (Lipinski definition) is 4. The van der Waals surface area contributed by atoms with E-state index in [9.17, 15) is 10.1 Å². The summed E-state index contributed by atoms with van der Waals surface area (Å²) < 4.78 is 0. The molecule has 0 atom stereocenters. The Hall–Kier alpha value is -2.64. The Morgan fingerprint density at radius 3 is 2.60 bits per heavy atom. The van der Waals surface area contributed by atoms with Crippen molar-refractivity contribution < 1.29 is 4.79 Å². The number of fused-ring (bicyclic) bond motifs is 1. The van der Waals surface area contributed by atoms with Gasteiger partial charge in [-0.05, 0) is 37.1 Å². The van der Waals surface area contributed by atoms with Gasteiger partial charge in [-0.1, -0.05) is 54.6 Å². The van der Waals surface area contributed by atoms with E-state index in [2.05, 4.69) is 24.0 Å². The van der Waals surface area contributed by atoms with E-state index in [1.54, 1.807) is 0 Å². The smallest absolute Gasteiger partial charge is 0.173 e. The number of aryl methyl sites for hydroxylation is 2. The maximum atomic E-state index is 12.3. The molecule has 0 saturated heterocycles. The number of pyridine rings is 1. The fourth-order valence-electron chi connectivity index (χ4n) is 2.58. The van der Waals surface area contributed by atoms with E-state index in [1.807, 2.05) is 49.4 Å². The fourth-order valence-corrected chi connectivity index (χ4v) is 3.43. The molecule has 0 N–H and O–H groups in total. The third kappa shape index (κ3) is 3.89. The van der Waals surface area contributed by atoms with Gasteiger partial charge >= 0.3 is 0 Å². The highest BCUT2D eigenvalue weighted by atomic mass is 32.2. The highest BCUT2D eigenvalue weighted by Gasteiger charge is 2.12. The van der Waals surface area contributed by atoms with E-state index < -0.39 is 0 Å². The Balaban J connectivity index is 1.84. The SMILES string of the molecule is CCc1ccc2nc(SCC(=O)c3ccc(C)cc3)c(C#N)cc2c1. The van der Waals surface area contributed by atoms with E-state index in [4.69, 9.17) is 0 Å². The number of hydrogen-bond donors (Lipinski definition) is 0. The molecule has 0 bridgehead atoms. The topological polar surface area (TPSA) is 53.8 Å². The van der Waals surface area contributed by atoms with Crippen LogP contribution >= 0.6 is 11.8 Å². The van der Waals surface area contributed by atoms with Gasteiger partial charge in [-0.25, -0.2) is 4.98 Å². The van der Waals surface area contributed by atoms with Crippen molar-refractivity contribution in [2.24, 2.45) is 0 Å². The molecule has 0 spiro atoms. The van der Waals surface area contributed by atoms with Crippen LogP contribution in [0.3, 0.4) is 0 Å². The van der Waals surface area contributed by atoms with Crippen LogP contribution in [0.2, 0.25) is 0 Å². The average Bonchev–Trinajstić information content (AvgIpc) is 2.65. The monoisotopic (exact) mass is 346 g/mol. The standard InChI is InChI=1S/C21H18N2OS/c1-3-15-6-9-19-17(10-15)11-18(12-22)21(23-19)25-13-20(24)16-7-4-14(2)5-8-16/h4-11H,3,13H2,1-2H3. The summed E-state index contributed by atoms with van der Waals surface area (Å²) >= 11 is 1.32. The summed E-state index contributed by atoms with van der Waals surface area (Å²) in [5.41, 5.74) is 4.39. The fraction of sp³-hybridized carbons (Fsp3) is 0.190. The first kappa shape index (κ1) is 17.2. The second-order valence-electron chi connectivity index (χ2n) is 5.91. The third-order valence-electron chi connectivity index (χ3n) is 4.09. The molecule has 0 radical (unpaired) electrons. The normalized spacial score (nSPS) is 10.6. The van der Waals surface area contributed by atoms with Crippen molar-refractivity contribution in [3.63, 3.8) is 0 Å². The lowest BCUT2D eigenvalue weighted by Crippen LogP contribution is -2.03. The molecule has 0 unspecified atom stereocenters. The predicted octanol–water partition coefficient (Wildman–Crippen LogP) is 4.95. The van der Waals surface area contributed by atoms with Crippen molar-refractivity contribution in [3.05, 3.63) is 70.8 Å². The van der Waals surface area contributed by atoms with Crippen molar-refractivity contribution in [1.29, 1.82) is 5.26 Å². The largest absolute Gasteiger partial charge is 0.293 e. The summed E-state index contributed by atoms with van der Waals surface area (Å²) in [5, 5.41) is 11.0. The van der Waals surface area contributed by atoms with Gasteiger partial charge in [0.1, 0.15) is 11.1 Å². The molecule has 0 amide bonds. The van der Waals surface area contributed by atoms with E-state index in [0.29, 0.717) is 16.2 Å². The van der Waals surface area contributed by atoms with Gasteiger partial charge in [-0.2, -0.15) is 5.26 Å².